The van der Waals surface area contributed by atoms with Crippen molar-refractivity contribution in [2.45, 2.75) is 6.43 Å². The average molecular weight is 230 g/mol. The SMILES string of the molecule is N#Cc1ccc(-c2ccccn2)cc1C(F)F. The number of rotatable bonds is 2. The fourth-order valence-corrected chi connectivity index (χ4v) is 1.54. The molecule has 0 bridgehead atoms. The van der Waals surface area contributed by atoms with Crippen LogP contribution >= 0.6 is 0 Å². The lowest BCUT2D eigenvalue weighted by atomic mass is 10.0. The molecule has 4 heteroatoms. The predicted octanol–water partition coefficient (Wildman–Crippen LogP) is 3.56. The molecule has 0 aliphatic rings. The Morgan fingerprint density at radius 1 is 1.18 bits per heavy atom. The lowest BCUT2D eigenvalue weighted by Crippen LogP contribution is -1.92. The van der Waals surface area contributed by atoms with Gasteiger partial charge in [0.1, 0.15) is 0 Å². The molecule has 84 valence electrons. The van der Waals surface area contributed by atoms with E-state index < -0.39 is 6.43 Å². The van der Waals surface area contributed by atoms with Gasteiger partial charge in [-0.15, -0.1) is 0 Å². The molecular weight excluding hydrogens is 222 g/mol. The first kappa shape index (κ1) is 11.2. The number of hydrogen-bond acceptors (Lipinski definition) is 2. The molecule has 2 nitrogen and oxygen atoms in total. The number of halogens is 2. The van der Waals surface area contributed by atoms with E-state index in [1.165, 1.54) is 12.1 Å². The van der Waals surface area contributed by atoms with E-state index in [9.17, 15) is 8.78 Å². The van der Waals surface area contributed by atoms with E-state index in [2.05, 4.69) is 4.98 Å². The van der Waals surface area contributed by atoms with Crippen molar-refractivity contribution in [3.8, 4) is 17.3 Å². The summed E-state index contributed by atoms with van der Waals surface area (Å²) >= 11 is 0. The first-order chi connectivity index (χ1) is 8.22. The van der Waals surface area contributed by atoms with Crippen LogP contribution in [0.5, 0.6) is 0 Å². The number of hydrogen-bond donors (Lipinski definition) is 0. The minimum atomic E-state index is -2.66. The highest BCUT2D eigenvalue weighted by Crippen LogP contribution is 2.27. The zero-order chi connectivity index (χ0) is 12.3. The number of alkyl halides is 2. The standard InChI is InChI=1S/C13H8F2N2/c14-13(15)11-7-9(4-5-10(11)8-16)12-3-1-2-6-17-12/h1-7,13H. The van der Waals surface area contributed by atoms with Gasteiger partial charge in [0.15, 0.2) is 0 Å². The molecule has 0 amide bonds. The molecule has 0 aliphatic heterocycles. The maximum atomic E-state index is 12.7. The van der Waals surface area contributed by atoms with Gasteiger partial charge in [-0.25, -0.2) is 8.78 Å². The fourth-order valence-electron chi connectivity index (χ4n) is 1.54. The number of benzene rings is 1. The van der Waals surface area contributed by atoms with Crippen molar-refractivity contribution in [2.24, 2.45) is 0 Å². The average Bonchev–Trinajstić information content (AvgIpc) is 2.39. The summed E-state index contributed by atoms with van der Waals surface area (Å²) in [5, 5.41) is 8.73. The van der Waals surface area contributed by atoms with Gasteiger partial charge in [0, 0.05) is 17.3 Å². The molecule has 0 N–H and O–H groups in total. The smallest absolute Gasteiger partial charge is 0.256 e. The molecule has 2 rings (SSSR count). The molecule has 0 saturated carbocycles. The molecule has 17 heavy (non-hydrogen) atoms. The molecule has 0 aliphatic carbocycles. The van der Waals surface area contributed by atoms with Gasteiger partial charge < -0.3 is 0 Å². The van der Waals surface area contributed by atoms with Crippen LogP contribution in [-0.4, -0.2) is 4.98 Å². The molecule has 2 aromatic rings. The van der Waals surface area contributed by atoms with Gasteiger partial charge in [0.05, 0.1) is 17.3 Å². The third-order valence-corrected chi connectivity index (χ3v) is 2.37. The van der Waals surface area contributed by atoms with Crippen molar-refractivity contribution in [3.05, 3.63) is 53.7 Å². The van der Waals surface area contributed by atoms with E-state index in [0.717, 1.165) is 0 Å². The second-order valence-electron chi connectivity index (χ2n) is 3.43. The summed E-state index contributed by atoms with van der Waals surface area (Å²) in [4.78, 5) is 4.08. The van der Waals surface area contributed by atoms with Crippen LogP contribution in [-0.2, 0) is 0 Å². The highest BCUT2D eigenvalue weighted by molar-refractivity contribution is 5.62. The van der Waals surface area contributed by atoms with Crippen LogP contribution in [0.1, 0.15) is 17.6 Å². The van der Waals surface area contributed by atoms with Crippen molar-refractivity contribution < 1.29 is 8.78 Å². The second kappa shape index (κ2) is 4.71. The highest BCUT2D eigenvalue weighted by atomic mass is 19.3. The van der Waals surface area contributed by atoms with Gasteiger partial charge in [-0.1, -0.05) is 12.1 Å². The van der Waals surface area contributed by atoms with E-state index in [1.807, 2.05) is 0 Å². The Balaban J connectivity index is 2.53. The summed E-state index contributed by atoms with van der Waals surface area (Å²) in [5.74, 6) is 0. The van der Waals surface area contributed by atoms with Crippen molar-refractivity contribution in [1.29, 1.82) is 5.26 Å². The normalized spacial score (nSPS) is 10.2. The highest BCUT2D eigenvalue weighted by Gasteiger charge is 2.14. The molecule has 1 heterocycles. The van der Waals surface area contributed by atoms with E-state index in [-0.39, 0.29) is 11.1 Å². The molecule has 0 unspecified atom stereocenters. The van der Waals surface area contributed by atoms with E-state index in [1.54, 1.807) is 36.5 Å². The quantitative estimate of drug-likeness (QED) is 0.790. The van der Waals surface area contributed by atoms with Gasteiger partial charge in [-0.05, 0) is 24.3 Å². The third-order valence-electron chi connectivity index (χ3n) is 2.37. The van der Waals surface area contributed by atoms with Crippen LogP contribution < -0.4 is 0 Å². The van der Waals surface area contributed by atoms with Gasteiger partial charge >= 0.3 is 0 Å². The Bertz CT molecular complexity index is 559. The topological polar surface area (TPSA) is 36.7 Å². The number of nitriles is 1. The van der Waals surface area contributed by atoms with Gasteiger partial charge in [-0.2, -0.15) is 5.26 Å². The van der Waals surface area contributed by atoms with Crippen LogP contribution in [0.4, 0.5) is 8.78 Å². The first-order valence-electron chi connectivity index (χ1n) is 4.96. The van der Waals surface area contributed by atoms with Crippen molar-refractivity contribution >= 4 is 0 Å². The van der Waals surface area contributed by atoms with Gasteiger partial charge in [0.25, 0.3) is 6.43 Å². The minimum absolute atomic E-state index is 0.000295. The predicted molar refractivity (Wildman–Crippen MR) is 59.3 cm³/mol. The van der Waals surface area contributed by atoms with Crippen LogP contribution in [0, 0.1) is 11.3 Å². The van der Waals surface area contributed by atoms with Crippen molar-refractivity contribution in [3.63, 3.8) is 0 Å². The second-order valence-corrected chi connectivity index (χ2v) is 3.43. The summed E-state index contributed by atoms with van der Waals surface area (Å²) in [6.45, 7) is 0. The van der Waals surface area contributed by atoms with Crippen molar-refractivity contribution in [1.82, 2.24) is 4.98 Å². The summed E-state index contributed by atoms with van der Waals surface area (Å²) in [6.07, 6.45) is -1.07. The molecular formula is C13H8F2N2. The maximum absolute atomic E-state index is 12.7. The number of pyridine rings is 1. The van der Waals surface area contributed by atoms with E-state index in [4.69, 9.17) is 5.26 Å². The Morgan fingerprint density at radius 2 is 2.00 bits per heavy atom. The fraction of sp³-hybridized carbons (Fsp3) is 0.0769. The van der Waals surface area contributed by atoms with E-state index >= 15 is 0 Å². The molecule has 1 aromatic carbocycles. The number of aromatic nitrogens is 1. The Kier molecular flexibility index (Phi) is 3.10. The van der Waals surface area contributed by atoms with Crippen LogP contribution in [0.3, 0.4) is 0 Å². The van der Waals surface area contributed by atoms with Crippen molar-refractivity contribution in [2.75, 3.05) is 0 Å². The summed E-state index contributed by atoms with van der Waals surface area (Å²) < 4.78 is 25.5. The zero-order valence-electron chi connectivity index (χ0n) is 8.77. The molecule has 0 atom stereocenters. The Hall–Kier alpha value is -2.28. The minimum Gasteiger partial charge on any atom is -0.256 e. The van der Waals surface area contributed by atoms with Crippen LogP contribution in [0.15, 0.2) is 42.6 Å². The Labute approximate surface area is 97.2 Å². The summed E-state index contributed by atoms with van der Waals surface area (Å²) in [7, 11) is 0. The molecule has 1 aromatic heterocycles. The third kappa shape index (κ3) is 2.28. The largest absolute Gasteiger partial charge is 0.265 e. The molecule has 0 fully saturated rings. The maximum Gasteiger partial charge on any atom is 0.265 e. The van der Waals surface area contributed by atoms with Gasteiger partial charge in [-0.3, -0.25) is 4.98 Å². The molecule has 0 spiro atoms. The Morgan fingerprint density at radius 3 is 2.59 bits per heavy atom. The van der Waals surface area contributed by atoms with Crippen LogP contribution in [0.25, 0.3) is 11.3 Å². The summed E-state index contributed by atoms with van der Waals surface area (Å²) in [5.41, 5.74) is 0.939. The van der Waals surface area contributed by atoms with Gasteiger partial charge in [0.2, 0.25) is 0 Å². The molecule has 0 saturated heterocycles. The first-order valence-corrected chi connectivity index (χ1v) is 4.96. The lowest BCUT2D eigenvalue weighted by molar-refractivity contribution is 0.151. The van der Waals surface area contributed by atoms with E-state index in [0.29, 0.717) is 11.3 Å². The molecule has 0 radical (unpaired) electrons. The lowest BCUT2D eigenvalue weighted by Gasteiger charge is -2.06. The monoisotopic (exact) mass is 230 g/mol. The zero-order valence-corrected chi connectivity index (χ0v) is 8.77. The summed E-state index contributed by atoms with van der Waals surface area (Å²) in [6, 6.07) is 11.3. The van der Waals surface area contributed by atoms with Crippen LogP contribution in [0.2, 0.25) is 0 Å². The number of nitrogens with zero attached hydrogens (tertiary/aromatic N) is 2.